The number of hydrogen-bond donors (Lipinski definition) is 1. The fraction of sp³-hybridized carbons (Fsp3) is 0.136. The number of carbonyl (C=O) groups is 1. The highest BCUT2D eigenvalue weighted by Gasteiger charge is 2.11. The predicted molar refractivity (Wildman–Crippen MR) is 164 cm³/mol. The van der Waals surface area contributed by atoms with Crippen molar-refractivity contribution in [2.45, 2.75) is 9.79 Å². The molecule has 0 saturated heterocycles. The van der Waals surface area contributed by atoms with Crippen LogP contribution in [-0.2, 0) is 0 Å². The van der Waals surface area contributed by atoms with Crippen molar-refractivity contribution >= 4 is 110 Å². The van der Waals surface area contributed by atoms with Crippen molar-refractivity contribution < 1.29 is 13.6 Å². The molecule has 200 valence electrons. The van der Waals surface area contributed by atoms with Crippen LogP contribution >= 0.6 is 94.0 Å². The van der Waals surface area contributed by atoms with E-state index in [-0.39, 0.29) is 22.7 Å². The number of nitrogens with zero attached hydrogens (tertiary/aromatic N) is 5. The zero-order valence-electron chi connectivity index (χ0n) is 19.5. The highest BCUT2D eigenvalue weighted by molar-refractivity contribution is 9.11. The number of aromatic nitrogens is 5. The lowest BCUT2D eigenvalue weighted by molar-refractivity contribution is 0.102. The highest BCUT2D eigenvalue weighted by Crippen LogP contribution is 2.28. The van der Waals surface area contributed by atoms with Crippen molar-refractivity contribution in [2.24, 2.45) is 0 Å². The van der Waals surface area contributed by atoms with Crippen LogP contribution in [0.5, 0.6) is 0 Å². The molecule has 0 amide bonds. The van der Waals surface area contributed by atoms with Gasteiger partial charge in [-0.3, -0.25) is 4.79 Å². The maximum atomic E-state index is 13.7. The Labute approximate surface area is 258 Å². The normalized spacial score (nSPS) is 10.5. The van der Waals surface area contributed by atoms with E-state index in [1.54, 1.807) is 35.2 Å². The molecule has 0 radical (unpaired) electrons. The molecule has 0 aliphatic carbocycles. The van der Waals surface area contributed by atoms with Crippen molar-refractivity contribution in [2.75, 3.05) is 23.6 Å². The maximum Gasteiger partial charge on any atom is 0.213 e. The Morgan fingerprint density at radius 2 is 1.66 bits per heavy atom. The van der Waals surface area contributed by atoms with Gasteiger partial charge in [-0.25, -0.2) is 18.3 Å². The lowest BCUT2D eigenvalue weighted by Gasteiger charge is -2.01. The number of imidazole rings is 1. The Morgan fingerprint density at radius 3 is 2.13 bits per heavy atom. The average molecular weight is 787 g/mol. The zero-order valence-corrected chi connectivity index (χ0v) is 27.5. The molecule has 38 heavy (non-hydrogen) atoms. The number of ketones is 1. The van der Waals surface area contributed by atoms with Gasteiger partial charge in [0, 0.05) is 20.9 Å². The van der Waals surface area contributed by atoms with E-state index in [0.717, 1.165) is 24.1 Å². The van der Waals surface area contributed by atoms with Crippen molar-refractivity contribution in [1.29, 1.82) is 0 Å². The third-order valence-corrected chi connectivity index (χ3v) is 9.07. The van der Waals surface area contributed by atoms with Gasteiger partial charge >= 0.3 is 0 Å². The number of nitrogens with two attached hydrogens (primary N) is 1. The van der Waals surface area contributed by atoms with Gasteiger partial charge in [-0.1, -0.05) is 50.7 Å². The van der Waals surface area contributed by atoms with Crippen LogP contribution in [0.3, 0.4) is 0 Å². The van der Waals surface area contributed by atoms with Crippen molar-refractivity contribution in [3.8, 4) is 11.3 Å². The summed E-state index contributed by atoms with van der Waals surface area (Å²) < 4.78 is 30.1. The molecule has 0 aliphatic rings. The van der Waals surface area contributed by atoms with E-state index in [0.29, 0.717) is 20.5 Å². The molecule has 5 aromatic rings. The summed E-state index contributed by atoms with van der Waals surface area (Å²) in [7, 11) is 0. The summed E-state index contributed by atoms with van der Waals surface area (Å²) in [6.45, 7) is 0. The molecule has 0 bridgehead atoms. The second-order valence-corrected chi connectivity index (χ2v) is 13.6. The van der Waals surface area contributed by atoms with E-state index in [4.69, 9.17) is 5.73 Å². The average Bonchev–Trinajstić information content (AvgIpc) is 3.58. The summed E-state index contributed by atoms with van der Waals surface area (Å²) >= 11 is 14.9. The smallest absolute Gasteiger partial charge is 0.213 e. The first-order valence-electron chi connectivity index (χ1n) is 10.2. The number of carbonyl (C=O) groups excluding carboxylic acids is 1. The monoisotopic (exact) mass is 784 g/mol. The van der Waals surface area contributed by atoms with Crippen LogP contribution < -0.4 is 5.73 Å². The van der Waals surface area contributed by atoms with Gasteiger partial charge in [0.2, 0.25) is 10.1 Å². The Kier molecular flexibility index (Phi) is 12.1. The number of halogens is 5. The summed E-state index contributed by atoms with van der Waals surface area (Å²) in [6, 6.07) is 9.68. The molecule has 5 rings (SSSR count). The van der Waals surface area contributed by atoms with Gasteiger partial charge in [0.1, 0.15) is 11.6 Å². The zero-order chi connectivity index (χ0) is 27.8. The number of benzene rings is 2. The molecule has 2 N–H and O–H groups in total. The van der Waals surface area contributed by atoms with Crippen LogP contribution in [0.15, 0.2) is 60.2 Å². The van der Waals surface area contributed by atoms with Gasteiger partial charge in [0.25, 0.3) is 0 Å². The van der Waals surface area contributed by atoms with Crippen LogP contribution in [0.2, 0.25) is 0 Å². The second kappa shape index (κ2) is 14.8. The highest BCUT2D eigenvalue weighted by atomic mass is 79.9. The fourth-order valence-corrected chi connectivity index (χ4v) is 6.14. The molecule has 0 spiro atoms. The van der Waals surface area contributed by atoms with Crippen LogP contribution in [0.1, 0.15) is 10.4 Å². The summed E-state index contributed by atoms with van der Waals surface area (Å²) in [5.74, 6) is -0.656. The van der Waals surface area contributed by atoms with Crippen LogP contribution in [-0.4, -0.2) is 48.4 Å². The molecule has 3 aromatic heterocycles. The molecule has 0 saturated carbocycles. The summed E-state index contributed by atoms with van der Waals surface area (Å²) in [5, 5.41) is 12.0. The summed E-state index contributed by atoms with van der Waals surface area (Å²) in [6.07, 6.45) is 5.45. The van der Waals surface area contributed by atoms with E-state index < -0.39 is 0 Å². The minimum Gasteiger partial charge on any atom is -0.374 e. The van der Waals surface area contributed by atoms with Gasteiger partial charge in [-0.15, -0.1) is 38.8 Å². The first-order valence-corrected chi connectivity index (χ1v) is 17.0. The first kappa shape index (κ1) is 31.1. The van der Waals surface area contributed by atoms with Crippen LogP contribution in [0, 0.1) is 11.6 Å². The number of rotatable bonds is 5. The maximum absolute atomic E-state index is 13.7. The molecular formula is C22H17Br3F2N6OS4. The van der Waals surface area contributed by atoms with Crippen LogP contribution in [0.25, 0.3) is 16.2 Å². The molecule has 0 fully saturated rings. The number of anilines is 1. The third kappa shape index (κ3) is 8.53. The van der Waals surface area contributed by atoms with Crippen molar-refractivity contribution in [3.63, 3.8) is 0 Å². The molecule has 7 nitrogen and oxygen atoms in total. The first-order chi connectivity index (χ1) is 18.1. The lowest BCUT2D eigenvalue weighted by Crippen LogP contribution is -2.00. The van der Waals surface area contributed by atoms with Gasteiger partial charge in [-0.2, -0.15) is 0 Å². The van der Waals surface area contributed by atoms with Crippen molar-refractivity contribution in [1.82, 2.24) is 24.8 Å². The Hall–Kier alpha value is -1.43. The van der Waals surface area contributed by atoms with E-state index in [9.17, 15) is 13.6 Å². The molecular weight excluding hydrogens is 770 g/mol. The lowest BCUT2D eigenvalue weighted by atomic mass is 10.1. The Balaban J connectivity index is 0.000000175. The Morgan fingerprint density at radius 1 is 1.00 bits per heavy atom. The molecule has 16 heteroatoms. The number of fused-ring (bicyclic) bond motifs is 1. The largest absolute Gasteiger partial charge is 0.374 e. The molecule has 2 aromatic carbocycles. The van der Waals surface area contributed by atoms with E-state index >= 15 is 0 Å². The summed E-state index contributed by atoms with van der Waals surface area (Å²) in [4.78, 5) is 17.5. The number of alkyl halides is 1. The fourth-order valence-electron chi connectivity index (χ4n) is 2.77. The SMILES string of the molecule is CSc1ccc(-c2cn3nc(Br)sc3n2)cc1F.CSc1ccc(C(=O)CBr)cc1F.Nc1nnc(Br)s1. The number of hydrogen-bond acceptors (Lipinski definition) is 10. The second-order valence-electron chi connectivity index (χ2n) is 6.86. The van der Waals surface area contributed by atoms with E-state index in [1.807, 2.05) is 12.3 Å². The van der Waals surface area contributed by atoms with Gasteiger partial charge in [-0.05, 0) is 68.6 Å². The minimum atomic E-state index is -0.334. The topological polar surface area (TPSA) is 99.1 Å². The molecule has 0 atom stereocenters. The number of nitrogen functional groups attached to an aromatic ring is 1. The van der Waals surface area contributed by atoms with Gasteiger partial charge < -0.3 is 5.73 Å². The van der Waals surface area contributed by atoms with E-state index in [1.165, 1.54) is 58.3 Å². The predicted octanol–water partition coefficient (Wildman–Crippen LogP) is 8.09. The third-order valence-electron chi connectivity index (χ3n) is 4.48. The number of Topliss-reactive ketones (excluding diaryl/α,β-unsaturated/α-hetero) is 1. The van der Waals surface area contributed by atoms with Crippen LogP contribution in [0.4, 0.5) is 13.9 Å². The quantitative estimate of drug-likeness (QED) is 0.109. The van der Waals surface area contributed by atoms with E-state index in [2.05, 4.69) is 68.1 Å². The Bertz CT molecular complexity index is 1500. The van der Waals surface area contributed by atoms with Gasteiger partial charge in [0.15, 0.2) is 13.6 Å². The molecule has 0 aliphatic heterocycles. The standard InChI is InChI=1S/C11H7BrFN3S2.C9H8BrFOS.C2H2BrN3S/c1-17-9-3-2-6(4-7(9)13)8-5-16-11(14-8)18-10(12)15-16;1-13-9-3-2-6(4-7(9)11)8(12)5-10;3-1-5-6-2(4)7-1/h2-5H,1H3;2-4H,5H2,1H3;(H2,4,6). The number of thioether (sulfide) groups is 2. The molecule has 3 heterocycles. The minimum absolute atomic E-state index is 0.105. The molecule has 0 unspecified atom stereocenters. The van der Waals surface area contributed by atoms with Crippen molar-refractivity contribution in [3.05, 3.63) is 67.6 Å². The summed E-state index contributed by atoms with van der Waals surface area (Å²) in [5.41, 5.74) is 7.10. The van der Waals surface area contributed by atoms with Gasteiger partial charge in [0.05, 0.1) is 17.2 Å².